The molecule has 6 heteroatoms. The Balaban J connectivity index is 2.80. The number of nitrogens with zero attached hydrogens (tertiary/aromatic N) is 2. The quantitative estimate of drug-likeness (QED) is 0.734. The molecular formula is C16H26N2O3S. The van der Waals surface area contributed by atoms with Gasteiger partial charge in [0.1, 0.15) is 0 Å². The van der Waals surface area contributed by atoms with E-state index in [1.54, 1.807) is 11.9 Å². The van der Waals surface area contributed by atoms with Gasteiger partial charge in [-0.25, -0.2) is 8.42 Å². The van der Waals surface area contributed by atoms with Crippen LogP contribution in [0.5, 0.6) is 0 Å². The monoisotopic (exact) mass is 326 g/mol. The fraction of sp³-hybridized carbons (Fsp3) is 0.562. The number of amides is 1. The van der Waals surface area contributed by atoms with Crippen LogP contribution in [0.25, 0.3) is 0 Å². The van der Waals surface area contributed by atoms with Gasteiger partial charge in [-0.15, -0.1) is 0 Å². The maximum absolute atomic E-state index is 12.2. The van der Waals surface area contributed by atoms with Crippen molar-refractivity contribution < 1.29 is 13.2 Å². The average Bonchev–Trinajstić information content (AvgIpc) is 2.43. The summed E-state index contributed by atoms with van der Waals surface area (Å²) in [7, 11) is -1.73. The summed E-state index contributed by atoms with van der Waals surface area (Å²) in [6, 6.07) is 7.65. The zero-order valence-corrected chi connectivity index (χ0v) is 14.7. The Morgan fingerprint density at radius 3 is 2.50 bits per heavy atom. The zero-order chi connectivity index (χ0) is 16.8. The van der Waals surface area contributed by atoms with Gasteiger partial charge in [-0.3, -0.25) is 4.79 Å². The van der Waals surface area contributed by atoms with Crippen molar-refractivity contribution in [2.75, 3.05) is 26.4 Å². The fourth-order valence-corrected chi connectivity index (χ4v) is 2.82. The predicted molar refractivity (Wildman–Crippen MR) is 89.0 cm³/mol. The summed E-state index contributed by atoms with van der Waals surface area (Å²) in [5, 5.41) is 0. The maximum atomic E-state index is 12.2. The number of hydrogen-bond donors (Lipinski definition) is 0. The molecule has 0 aliphatic heterocycles. The van der Waals surface area contributed by atoms with Crippen LogP contribution in [0.2, 0.25) is 0 Å². The standard InChI is InChI=1S/C16H26N2O3S/c1-5-6-10-17(3)16(19)13-18(22(4,20)21)12-15-9-7-8-14(2)11-15/h7-9,11H,5-6,10,12-13H2,1-4H3. The highest BCUT2D eigenvalue weighted by molar-refractivity contribution is 7.88. The van der Waals surface area contributed by atoms with Crippen molar-refractivity contribution in [2.45, 2.75) is 33.2 Å². The second-order valence-corrected chi connectivity index (χ2v) is 7.67. The van der Waals surface area contributed by atoms with Gasteiger partial charge in [-0.05, 0) is 18.9 Å². The molecule has 1 amide bonds. The van der Waals surface area contributed by atoms with E-state index >= 15 is 0 Å². The van der Waals surface area contributed by atoms with E-state index in [1.165, 1.54) is 4.31 Å². The topological polar surface area (TPSA) is 57.7 Å². The third-order valence-corrected chi connectivity index (χ3v) is 4.69. The number of benzene rings is 1. The number of aryl methyl sites for hydroxylation is 1. The highest BCUT2D eigenvalue weighted by Gasteiger charge is 2.22. The van der Waals surface area contributed by atoms with E-state index < -0.39 is 10.0 Å². The Morgan fingerprint density at radius 1 is 1.27 bits per heavy atom. The number of rotatable bonds is 8. The number of carbonyl (C=O) groups is 1. The normalized spacial score (nSPS) is 11.7. The van der Waals surface area contributed by atoms with Crippen molar-refractivity contribution in [2.24, 2.45) is 0 Å². The van der Waals surface area contributed by atoms with Crippen LogP contribution >= 0.6 is 0 Å². The predicted octanol–water partition coefficient (Wildman–Crippen LogP) is 2.02. The molecule has 0 saturated carbocycles. The van der Waals surface area contributed by atoms with E-state index in [2.05, 4.69) is 6.92 Å². The van der Waals surface area contributed by atoms with E-state index in [-0.39, 0.29) is 19.0 Å². The highest BCUT2D eigenvalue weighted by atomic mass is 32.2. The van der Waals surface area contributed by atoms with Crippen LogP contribution in [0.1, 0.15) is 30.9 Å². The first-order valence-electron chi connectivity index (χ1n) is 7.48. The minimum Gasteiger partial charge on any atom is -0.345 e. The average molecular weight is 326 g/mol. The van der Waals surface area contributed by atoms with E-state index in [0.29, 0.717) is 6.54 Å². The number of carbonyl (C=O) groups excluding carboxylic acids is 1. The number of hydrogen-bond acceptors (Lipinski definition) is 3. The summed E-state index contributed by atoms with van der Waals surface area (Å²) in [5.41, 5.74) is 1.95. The molecule has 0 saturated heterocycles. The summed E-state index contributed by atoms with van der Waals surface area (Å²) in [6.07, 6.45) is 3.05. The lowest BCUT2D eigenvalue weighted by Crippen LogP contribution is -2.41. The first-order valence-corrected chi connectivity index (χ1v) is 9.33. The van der Waals surface area contributed by atoms with Crippen molar-refractivity contribution in [3.8, 4) is 0 Å². The Kier molecular flexibility index (Phi) is 7.03. The van der Waals surface area contributed by atoms with E-state index in [4.69, 9.17) is 0 Å². The van der Waals surface area contributed by atoms with Crippen LogP contribution < -0.4 is 0 Å². The van der Waals surface area contributed by atoms with Crippen LogP contribution in [-0.2, 0) is 21.4 Å². The molecule has 0 bridgehead atoms. The lowest BCUT2D eigenvalue weighted by Gasteiger charge is -2.23. The minimum atomic E-state index is -3.44. The lowest BCUT2D eigenvalue weighted by atomic mass is 10.1. The van der Waals surface area contributed by atoms with Crippen LogP contribution in [0.15, 0.2) is 24.3 Å². The first kappa shape index (κ1) is 18.6. The third-order valence-electron chi connectivity index (χ3n) is 3.49. The molecule has 1 aromatic rings. The summed E-state index contributed by atoms with van der Waals surface area (Å²) in [6.45, 7) is 4.76. The van der Waals surface area contributed by atoms with Gasteiger partial charge in [0.25, 0.3) is 0 Å². The van der Waals surface area contributed by atoms with Crippen molar-refractivity contribution in [1.29, 1.82) is 0 Å². The Morgan fingerprint density at radius 2 is 1.95 bits per heavy atom. The molecule has 124 valence electrons. The molecule has 0 aliphatic rings. The van der Waals surface area contributed by atoms with Gasteiger partial charge in [-0.1, -0.05) is 43.2 Å². The Labute approximate surface area is 134 Å². The molecule has 0 aliphatic carbocycles. The maximum Gasteiger partial charge on any atom is 0.237 e. The van der Waals surface area contributed by atoms with Gasteiger partial charge < -0.3 is 4.90 Å². The summed E-state index contributed by atoms with van der Waals surface area (Å²) in [5.74, 6) is -0.175. The molecule has 5 nitrogen and oxygen atoms in total. The van der Waals surface area contributed by atoms with Crippen LogP contribution in [0, 0.1) is 6.92 Å². The molecule has 0 unspecified atom stereocenters. The van der Waals surface area contributed by atoms with Crippen LogP contribution in [0.3, 0.4) is 0 Å². The smallest absolute Gasteiger partial charge is 0.237 e. The molecular weight excluding hydrogens is 300 g/mol. The molecule has 0 heterocycles. The van der Waals surface area contributed by atoms with Crippen molar-refractivity contribution in [3.63, 3.8) is 0 Å². The van der Waals surface area contributed by atoms with Crippen LogP contribution in [0.4, 0.5) is 0 Å². The van der Waals surface area contributed by atoms with Gasteiger partial charge in [0, 0.05) is 20.1 Å². The largest absolute Gasteiger partial charge is 0.345 e. The SMILES string of the molecule is CCCCN(C)C(=O)CN(Cc1cccc(C)c1)S(C)(=O)=O. The summed E-state index contributed by atoms with van der Waals surface area (Å²) < 4.78 is 25.1. The van der Waals surface area contributed by atoms with Crippen molar-refractivity contribution in [1.82, 2.24) is 9.21 Å². The fourth-order valence-electron chi connectivity index (χ4n) is 2.10. The number of sulfonamides is 1. The van der Waals surface area contributed by atoms with Crippen molar-refractivity contribution >= 4 is 15.9 Å². The van der Waals surface area contributed by atoms with Crippen molar-refractivity contribution in [3.05, 3.63) is 35.4 Å². The highest BCUT2D eigenvalue weighted by Crippen LogP contribution is 2.11. The zero-order valence-electron chi connectivity index (χ0n) is 13.9. The van der Waals surface area contributed by atoms with Gasteiger partial charge in [0.2, 0.25) is 15.9 Å². The first-order chi connectivity index (χ1) is 10.2. The van der Waals surface area contributed by atoms with Gasteiger partial charge in [-0.2, -0.15) is 4.31 Å². The third kappa shape index (κ3) is 6.15. The molecule has 0 radical (unpaired) electrons. The van der Waals surface area contributed by atoms with Crippen LogP contribution in [-0.4, -0.2) is 49.9 Å². The molecule has 1 aromatic carbocycles. The molecule has 0 aromatic heterocycles. The molecule has 22 heavy (non-hydrogen) atoms. The minimum absolute atomic E-state index is 0.118. The van der Waals surface area contributed by atoms with E-state index in [0.717, 1.165) is 30.2 Å². The lowest BCUT2D eigenvalue weighted by molar-refractivity contribution is -0.130. The Bertz CT molecular complexity index is 599. The van der Waals surface area contributed by atoms with E-state index in [1.807, 2.05) is 31.2 Å². The number of unbranched alkanes of at least 4 members (excludes halogenated alkanes) is 1. The summed E-state index contributed by atoms with van der Waals surface area (Å²) in [4.78, 5) is 13.8. The van der Waals surface area contributed by atoms with Gasteiger partial charge in [0.15, 0.2) is 0 Å². The molecule has 0 spiro atoms. The van der Waals surface area contributed by atoms with Gasteiger partial charge in [0.05, 0.1) is 12.8 Å². The van der Waals surface area contributed by atoms with Gasteiger partial charge >= 0.3 is 0 Å². The van der Waals surface area contributed by atoms with E-state index in [9.17, 15) is 13.2 Å². The Hall–Kier alpha value is -1.40. The molecule has 0 atom stereocenters. The number of likely N-dealkylation sites (N-methyl/N-ethyl adjacent to an activating group) is 1. The molecule has 1 rings (SSSR count). The second-order valence-electron chi connectivity index (χ2n) is 5.69. The molecule has 0 N–H and O–H groups in total. The summed E-state index contributed by atoms with van der Waals surface area (Å²) >= 11 is 0. The molecule has 0 fully saturated rings. The second kappa shape index (κ2) is 8.29.